The average Bonchev–Trinajstić information content (AvgIpc) is 1.82. The predicted molar refractivity (Wildman–Crippen MR) is 32.3 cm³/mol. The first-order chi connectivity index (χ1) is 4.54. The van der Waals surface area contributed by atoms with Gasteiger partial charge in [0.15, 0.2) is 0 Å². The van der Waals surface area contributed by atoms with Crippen molar-refractivity contribution in [2.45, 2.75) is 0 Å². The fourth-order valence-corrected chi connectivity index (χ4v) is 0.208. The summed E-state index contributed by atoms with van der Waals surface area (Å²) >= 11 is 0. The number of hydrogen-bond donors (Lipinski definition) is 0. The van der Waals surface area contributed by atoms with E-state index >= 15 is 0 Å². The van der Waals surface area contributed by atoms with Crippen molar-refractivity contribution in [2.75, 3.05) is 0 Å². The van der Waals surface area contributed by atoms with Crippen LogP contribution < -0.4 is 0 Å². The van der Waals surface area contributed by atoms with Crippen molar-refractivity contribution in [1.29, 1.82) is 0 Å². The highest BCUT2D eigenvalue weighted by atomic mass is 16.6. The lowest BCUT2D eigenvalue weighted by Crippen LogP contribution is -1.93. The molecule has 0 aliphatic carbocycles. The standard InChI is InChI=1S/C4H4N2O4/c1-4(6(9)10)2-3-5(7)8/h2-3H,1H2. The SMILES string of the molecule is C=C(C=C[N+](=O)[O-])[N+](=O)[O-]. The lowest BCUT2D eigenvalue weighted by Gasteiger charge is -1.82. The van der Waals surface area contributed by atoms with E-state index in [1.807, 2.05) is 0 Å². The van der Waals surface area contributed by atoms with Crippen LogP contribution in [0.5, 0.6) is 0 Å². The maximum atomic E-state index is 9.74. The first-order valence-electron chi connectivity index (χ1n) is 2.19. The highest BCUT2D eigenvalue weighted by molar-refractivity contribution is 5.02. The van der Waals surface area contributed by atoms with Crippen LogP contribution in [-0.2, 0) is 0 Å². The maximum absolute atomic E-state index is 9.74. The van der Waals surface area contributed by atoms with Gasteiger partial charge < -0.3 is 0 Å². The molecular formula is C4H4N2O4. The lowest BCUT2D eigenvalue weighted by atomic mass is 10.5. The van der Waals surface area contributed by atoms with E-state index in [-0.39, 0.29) is 0 Å². The average molecular weight is 144 g/mol. The molecule has 0 unspecified atom stereocenters. The van der Waals surface area contributed by atoms with Gasteiger partial charge in [-0.3, -0.25) is 20.2 Å². The van der Waals surface area contributed by atoms with Crippen molar-refractivity contribution in [1.82, 2.24) is 0 Å². The Labute approximate surface area is 55.8 Å². The van der Waals surface area contributed by atoms with E-state index in [0.29, 0.717) is 6.20 Å². The van der Waals surface area contributed by atoms with E-state index in [9.17, 15) is 20.2 Å². The first-order valence-corrected chi connectivity index (χ1v) is 2.19. The monoisotopic (exact) mass is 144 g/mol. The molecule has 0 spiro atoms. The molecular weight excluding hydrogens is 140 g/mol. The smallest absolute Gasteiger partial charge is 0.259 e. The van der Waals surface area contributed by atoms with Crippen molar-refractivity contribution in [3.8, 4) is 0 Å². The minimum absolute atomic E-state index is 0.463. The Morgan fingerprint density at radius 3 is 2.20 bits per heavy atom. The predicted octanol–water partition coefficient (Wildman–Crippen LogP) is 0.567. The molecule has 0 radical (unpaired) electrons. The molecule has 10 heavy (non-hydrogen) atoms. The van der Waals surface area contributed by atoms with Crippen LogP contribution in [0.15, 0.2) is 24.6 Å². The van der Waals surface area contributed by atoms with Crippen LogP contribution in [0.1, 0.15) is 0 Å². The fourth-order valence-electron chi connectivity index (χ4n) is 0.208. The molecule has 6 nitrogen and oxygen atoms in total. The lowest BCUT2D eigenvalue weighted by molar-refractivity contribution is -0.424. The van der Waals surface area contributed by atoms with Crippen molar-refractivity contribution in [2.24, 2.45) is 0 Å². The normalized spacial score (nSPS) is 9.60. The summed E-state index contributed by atoms with van der Waals surface area (Å²) in [6, 6.07) is 0. The molecule has 0 aromatic heterocycles. The zero-order chi connectivity index (χ0) is 8.15. The van der Waals surface area contributed by atoms with Gasteiger partial charge in [0.2, 0.25) is 6.20 Å². The van der Waals surface area contributed by atoms with Crippen molar-refractivity contribution >= 4 is 0 Å². The molecule has 54 valence electrons. The van der Waals surface area contributed by atoms with Gasteiger partial charge in [0, 0.05) is 0 Å². The van der Waals surface area contributed by atoms with Crippen LogP contribution in [-0.4, -0.2) is 9.85 Å². The van der Waals surface area contributed by atoms with Gasteiger partial charge in [0.25, 0.3) is 5.70 Å². The molecule has 0 heterocycles. The van der Waals surface area contributed by atoms with Gasteiger partial charge in [-0.2, -0.15) is 0 Å². The summed E-state index contributed by atoms with van der Waals surface area (Å²) in [5, 5.41) is 19.3. The topological polar surface area (TPSA) is 86.3 Å². The fraction of sp³-hybridized carbons (Fsp3) is 0. The maximum Gasteiger partial charge on any atom is 0.268 e. The van der Waals surface area contributed by atoms with E-state index < -0.39 is 15.5 Å². The minimum atomic E-state index is -0.806. The summed E-state index contributed by atoms with van der Waals surface area (Å²) in [6.45, 7) is 2.94. The Kier molecular flexibility index (Phi) is 2.76. The molecule has 0 atom stereocenters. The second-order valence-electron chi connectivity index (χ2n) is 1.35. The number of rotatable bonds is 3. The van der Waals surface area contributed by atoms with Crippen LogP contribution in [0.25, 0.3) is 0 Å². The third-order valence-corrected chi connectivity index (χ3v) is 0.623. The number of hydrogen-bond acceptors (Lipinski definition) is 4. The van der Waals surface area contributed by atoms with Gasteiger partial charge >= 0.3 is 0 Å². The third-order valence-electron chi connectivity index (χ3n) is 0.623. The quantitative estimate of drug-likeness (QED) is 0.329. The summed E-state index contributed by atoms with van der Waals surface area (Å²) in [4.78, 5) is 17.7. The Bertz CT molecular complexity index is 207. The van der Waals surface area contributed by atoms with E-state index in [0.717, 1.165) is 6.08 Å². The molecule has 0 N–H and O–H groups in total. The number of nitrogens with zero attached hydrogens (tertiary/aromatic N) is 2. The zero-order valence-corrected chi connectivity index (χ0v) is 4.89. The van der Waals surface area contributed by atoms with Crippen molar-refractivity contribution in [3.05, 3.63) is 44.8 Å². The molecule has 0 aromatic rings. The summed E-state index contributed by atoms with van der Waals surface area (Å²) in [5.74, 6) is 0. The molecule has 0 amide bonds. The Balaban J connectivity index is 4.03. The Morgan fingerprint density at radius 2 is 1.90 bits per heavy atom. The van der Waals surface area contributed by atoms with Crippen LogP contribution in [0, 0.1) is 20.2 Å². The molecule has 0 fully saturated rings. The minimum Gasteiger partial charge on any atom is -0.259 e. The van der Waals surface area contributed by atoms with Gasteiger partial charge in [-0.25, -0.2) is 0 Å². The van der Waals surface area contributed by atoms with Crippen LogP contribution in [0.2, 0.25) is 0 Å². The summed E-state index contributed by atoms with van der Waals surface area (Å²) < 4.78 is 0. The highest BCUT2D eigenvalue weighted by Gasteiger charge is 2.01. The van der Waals surface area contributed by atoms with Gasteiger partial charge in [-0.15, -0.1) is 0 Å². The van der Waals surface area contributed by atoms with Gasteiger partial charge in [0.05, 0.1) is 15.9 Å². The van der Waals surface area contributed by atoms with E-state index in [4.69, 9.17) is 0 Å². The van der Waals surface area contributed by atoms with Crippen LogP contribution in [0.4, 0.5) is 0 Å². The molecule has 0 saturated heterocycles. The highest BCUT2D eigenvalue weighted by Crippen LogP contribution is 1.91. The van der Waals surface area contributed by atoms with E-state index in [2.05, 4.69) is 6.58 Å². The Morgan fingerprint density at radius 1 is 1.40 bits per heavy atom. The van der Waals surface area contributed by atoms with Gasteiger partial charge in [-0.1, -0.05) is 0 Å². The molecule has 0 bridgehead atoms. The largest absolute Gasteiger partial charge is 0.268 e. The molecule has 6 heteroatoms. The summed E-state index contributed by atoms with van der Waals surface area (Å²) in [6.07, 6.45) is 1.19. The summed E-state index contributed by atoms with van der Waals surface area (Å²) in [5.41, 5.74) is -0.503. The van der Waals surface area contributed by atoms with E-state index in [1.54, 1.807) is 0 Å². The van der Waals surface area contributed by atoms with Crippen LogP contribution >= 0.6 is 0 Å². The molecule has 0 saturated carbocycles. The third kappa shape index (κ3) is 3.30. The molecule has 0 aromatic carbocycles. The molecule has 0 rings (SSSR count). The second kappa shape index (κ2) is 3.33. The van der Waals surface area contributed by atoms with Gasteiger partial charge in [0.1, 0.15) is 0 Å². The van der Waals surface area contributed by atoms with E-state index in [1.165, 1.54) is 0 Å². The second-order valence-corrected chi connectivity index (χ2v) is 1.35. The number of nitro groups is 2. The molecule has 0 aliphatic heterocycles. The van der Waals surface area contributed by atoms with Crippen molar-refractivity contribution < 1.29 is 9.85 Å². The van der Waals surface area contributed by atoms with Crippen molar-refractivity contribution in [3.63, 3.8) is 0 Å². The van der Waals surface area contributed by atoms with Crippen LogP contribution in [0.3, 0.4) is 0 Å². The first kappa shape index (κ1) is 8.28. The van der Waals surface area contributed by atoms with Gasteiger partial charge in [-0.05, 0) is 6.58 Å². The molecule has 0 aliphatic rings. The summed E-state index contributed by atoms with van der Waals surface area (Å²) in [7, 11) is 0. The Hall–Kier alpha value is -1.72. The zero-order valence-electron chi connectivity index (χ0n) is 4.89. The number of allylic oxidation sites excluding steroid dienone is 1.